The first-order valence-corrected chi connectivity index (χ1v) is 8.62. The molecule has 1 saturated carbocycles. The van der Waals surface area contributed by atoms with Crippen molar-refractivity contribution in [3.05, 3.63) is 17.0 Å². The van der Waals surface area contributed by atoms with Crippen LogP contribution in [0, 0.1) is 13.8 Å². The lowest BCUT2D eigenvalue weighted by molar-refractivity contribution is -0.148. The predicted octanol–water partition coefficient (Wildman–Crippen LogP) is 1.28. The van der Waals surface area contributed by atoms with E-state index in [0.29, 0.717) is 6.42 Å². The smallest absolute Gasteiger partial charge is 0.321 e. The number of rotatable bonds is 6. The lowest BCUT2D eigenvalue weighted by Crippen LogP contribution is -2.45. The number of carbonyl (C=O) groups is 3. The molecule has 0 aromatic carbocycles. The van der Waals surface area contributed by atoms with Gasteiger partial charge in [0.2, 0.25) is 0 Å². The van der Waals surface area contributed by atoms with Crippen LogP contribution in [-0.4, -0.2) is 40.3 Å². The Morgan fingerprint density at radius 3 is 2.52 bits per heavy atom. The zero-order valence-electron chi connectivity index (χ0n) is 15.1. The van der Waals surface area contributed by atoms with Gasteiger partial charge >= 0.3 is 12.0 Å². The van der Waals surface area contributed by atoms with Gasteiger partial charge < -0.3 is 10.1 Å². The minimum absolute atomic E-state index is 0.126. The molecule has 0 bridgehead atoms. The summed E-state index contributed by atoms with van der Waals surface area (Å²) in [5.74, 6) is -1.11. The summed E-state index contributed by atoms with van der Waals surface area (Å²) in [4.78, 5) is 35.1. The normalized spacial score (nSPS) is 14.4. The molecule has 3 amide bonds. The third kappa shape index (κ3) is 5.58. The minimum atomic E-state index is -0.627. The van der Waals surface area contributed by atoms with Crippen LogP contribution in [0.5, 0.6) is 0 Å². The number of imide groups is 1. The van der Waals surface area contributed by atoms with E-state index in [-0.39, 0.29) is 12.5 Å². The van der Waals surface area contributed by atoms with Gasteiger partial charge in [-0.25, -0.2) is 4.79 Å². The third-order valence-corrected chi connectivity index (χ3v) is 4.55. The Kier molecular flexibility index (Phi) is 6.55. The molecule has 0 atom stereocenters. The summed E-state index contributed by atoms with van der Waals surface area (Å²) in [5, 5.41) is 9.21. The first-order valence-electron chi connectivity index (χ1n) is 8.62. The Balaban J connectivity index is 1.66. The highest BCUT2D eigenvalue weighted by molar-refractivity contribution is 5.95. The van der Waals surface area contributed by atoms with Gasteiger partial charge in [-0.1, -0.05) is 12.8 Å². The molecule has 2 N–H and O–H groups in total. The summed E-state index contributed by atoms with van der Waals surface area (Å²) < 4.78 is 6.70. The van der Waals surface area contributed by atoms with Gasteiger partial charge in [0, 0.05) is 25.2 Å². The fourth-order valence-electron chi connectivity index (χ4n) is 3.08. The molecule has 2 rings (SSSR count). The van der Waals surface area contributed by atoms with E-state index in [1.54, 1.807) is 4.68 Å². The maximum absolute atomic E-state index is 11.8. The van der Waals surface area contributed by atoms with Crippen molar-refractivity contribution >= 4 is 17.9 Å². The standard InChI is InChI=1S/C17H26N4O4/c1-11-14(12(2)21(3)20-11)8-9-16(23)25-10-15(22)19-17(24)18-13-6-4-5-7-13/h13H,4-10H2,1-3H3,(H2,18,19,22,24). The number of aryl methyl sites for hydroxylation is 2. The Bertz CT molecular complexity index is 647. The molecule has 1 aromatic rings. The quantitative estimate of drug-likeness (QED) is 0.753. The molecule has 138 valence electrons. The number of carbonyl (C=O) groups excluding carboxylic acids is 3. The van der Waals surface area contributed by atoms with Gasteiger partial charge in [0.1, 0.15) is 0 Å². The molecule has 1 aliphatic rings. The van der Waals surface area contributed by atoms with E-state index in [1.165, 1.54) is 0 Å². The van der Waals surface area contributed by atoms with Crippen molar-refractivity contribution in [3.63, 3.8) is 0 Å². The average molecular weight is 350 g/mol. The summed E-state index contributed by atoms with van der Waals surface area (Å²) in [6.45, 7) is 3.38. The molecule has 0 aliphatic heterocycles. The zero-order chi connectivity index (χ0) is 18.4. The van der Waals surface area contributed by atoms with Crippen LogP contribution < -0.4 is 10.6 Å². The van der Waals surface area contributed by atoms with E-state index >= 15 is 0 Å². The van der Waals surface area contributed by atoms with E-state index in [9.17, 15) is 14.4 Å². The molecular formula is C17H26N4O4. The topological polar surface area (TPSA) is 102 Å². The summed E-state index contributed by atoms with van der Waals surface area (Å²) in [6, 6.07) is -0.407. The molecular weight excluding hydrogens is 324 g/mol. The van der Waals surface area contributed by atoms with E-state index in [2.05, 4.69) is 15.7 Å². The molecule has 1 fully saturated rings. The summed E-state index contributed by atoms with van der Waals surface area (Å²) >= 11 is 0. The van der Waals surface area contributed by atoms with Crippen LogP contribution in [0.1, 0.15) is 49.1 Å². The van der Waals surface area contributed by atoms with Crippen LogP contribution in [0.2, 0.25) is 0 Å². The van der Waals surface area contributed by atoms with Gasteiger partial charge in [0.15, 0.2) is 6.61 Å². The highest BCUT2D eigenvalue weighted by Gasteiger charge is 2.19. The van der Waals surface area contributed by atoms with Crippen molar-refractivity contribution in [2.75, 3.05) is 6.61 Å². The Hall–Kier alpha value is -2.38. The molecule has 0 saturated heterocycles. The Morgan fingerprint density at radius 2 is 1.92 bits per heavy atom. The van der Waals surface area contributed by atoms with Gasteiger partial charge in [-0.15, -0.1) is 0 Å². The van der Waals surface area contributed by atoms with Gasteiger partial charge in [-0.3, -0.25) is 19.6 Å². The number of nitrogens with one attached hydrogen (secondary N) is 2. The fraction of sp³-hybridized carbons (Fsp3) is 0.647. The molecule has 1 aliphatic carbocycles. The molecule has 0 radical (unpaired) electrons. The van der Waals surface area contributed by atoms with Crippen molar-refractivity contribution in [1.29, 1.82) is 0 Å². The SMILES string of the molecule is Cc1nn(C)c(C)c1CCC(=O)OCC(=O)NC(=O)NC1CCCC1. The number of ether oxygens (including phenoxy) is 1. The van der Waals surface area contributed by atoms with Crippen LogP contribution in [0.3, 0.4) is 0 Å². The highest BCUT2D eigenvalue weighted by atomic mass is 16.5. The van der Waals surface area contributed by atoms with Crippen LogP contribution in [-0.2, 0) is 27.8 Å². The number of esters is 1. The van der Waals surface area contributed by atoms with Crippen molar-refractivity contribution in [3.8, 4) is 0 Å². The maximum Gasteiger partial charge on any atom is 0.321 e. The lowest BCUT2D eigenvalue weighted by Gasteiger charge is -2.12. The van der Waals surface area contributed by atoms with Crippen LogP contribution >= 0.6 is 0 Å². The number of hydrogen-bond acceptors (Lipinski definition) is 5. The first-order chi connectivity index (χ1) is 11.9. The number of hydrogen-bond donors (Lipinski definition) is 2. The second-order valence-electron chi connectivity index (χ2n) is 6.44. The molecule has 8 heteroatoms. The van der Waals surface area contributed by atoms with Gasteiger partial charge in [-0.2, -0.15) is 5.10 Å². The number of aromatic nitrogens is 2. The van der Waals surface area contributed by atoms with E-state index in [4.69, 9.17) is 4.74 Å². The van der Waals surface area contributed by atoms with E-state index in [0.717, 1.165) is 42.6 Å². The van der Waals surface area contributed by atoms with Crippen LogP contribution in [0.25, 0.3) is 0 Å². The lowest BCUT2D eigenvalue weighted by atomic mass is 10.1. The molecule has 1 aromatic heterocycles. The van der Waals surface area contributed by atoms with Crippen molar-refractivity contribution in [2.24, 2.45) is 7.05 Å². The predicted molar refractivity (Wildman–Crippen MR) is 90.9 cm³/mol. The van der Waals surface area contributed by atoms with Crippen LogP contribution in [0.15, 0.2) is 0 Å². The average Bonchev–Trinajstić information content (AvgIpc) is 3.13. The van der Waals surface area contributed by atoms with Crippen molar-refractivity contribution in [2.45, 2.75) is 58.4 Å². The third-order valence-electron chi connectivity index (χ3n) is 4.55. The maximum atomic E-state index is 11.8. The van der Waals surface area contributed by atoms with Crippen molar-refractivity contribution < 1.29 is 19.1 Å². The van der Waals surface area contributed by atoms with Gasteiger partial charge in [0.25, 0.3) is 5.91 Å². The van der Waals surface area contributed by atoms with Gasteiger partial charge in [0.05, 0.1) is 5.69 Å². The molecule has 0 unspecified atom stereocenters. The Labute approximate surface area is 147 Å². The summed E-state index contributed by atoms with van der Waals surface area (Å²) in [6.07, 6.45) is 4.72. The molecule has 0 spiro atoms. The van der Waals surface area contributed by atoms with Crippen LogP contribution in [0.4, 0.5) is 4.79 Å². The molecule has 25 heavy (non-hydrogen) atoms. The Morgan fingerprint density at radius 1 is 1.24 bits per heavy atom. The fourth-order valence-corrected chi connectivity index (χ4v) is 3.08. The monoisotopic (exact) mass is 350 g/mol. The second-order valence-corrected chi connectivity index (χ2v) is 6.44. The number of amides is 3. The van der Waals surface area contributed by atoms with E-state index in [1.807, 2.05) is 20.9 Å². The second kappa shape index (κ2) is 8.64. The minimum Gasteiger partial charge on any atom is -0.456 e. The van der Waals surface area contributed by atoms with E-state index < -0.39 is 24.5 Å². The number of urea groups is 1. The zero-order valence-corrected chi connectivity index (χ0v) is 15.1. The summed E-state index contributed by atoms with van der Waals surface area (Å²) in [7, 11) is 1.85. The molecule has 1 heterocycles. The number of nitrogens with zero attached hydrogens (tertiary/aromatic N) is 2. The first kappa shape index (κ1) is 19.0. The highest BCUT2D eigenvalue weighted by Crippen LogP contribution is 2.17. The van der Waals surface area contributed by atoms with Gasteiger partial charge in [-0.05, 0) is 38.7 Å². The largest absolute Gasteiger partial charge is 0.456 e. The molecule has 8 nitrogen and oxygen atoms in total. The summed E-state index contributed by atoms with van der Waals surface area (Å²) in [5.41, 5.74) is 2.90. The van der Waals surface area contributed by atoms with Crippen molar-refractivity contribution in [1.82, 2.24) is 20.4 Å².